The quantitative estimate of drug-likeness (QED) is 0.770. The molecule has 0 aliphatic carbocycles. The van der Waals surface area contributed by atoms with Gasteiger partial charge >= 0.3 is 0 Å². The molecule has 0 aliphatic rings. The van der Waals surface area contributed by atoms with Crippen LogP contribution in [0, 0.1) is 0 Å². The second kappa shape index (κ2) is 6.41. The first kappa shape index (κ1) is 17.0. The molecule has 3 N–H and O–H groups in total. The number of benzene rings is 2. The predicted molar refractivity (Wildman–Crippen MR) is 90.5 cm³/mol. The molecule has 23 heavy (non-hydrogen) atoms. The molecule has 2 aromatic rings. The van der Waals surface area contributed by atoms with Gasteiger partial charge in [-0.1, -0.05) is 33.8 Å². The van der Waals surface area contributed by atoms with Crippen LogP contribution in [0.3, 0.4) is 0 Å². The van der Waals surface area contributed by atoms with E-state index in [0.29, 0.717) is 18.3 Å². The van der Waals surface area contributed by atoms with Crippen LogP contribution in [0.1, 0.15) is 44.7 Å². The van der Waals surface area contributed by atoms with E-state index < -0.39 is 5.41 Å². The summed E-state index contributed by atoms with van der Waals surface area (Å²) < 4.78 is 5.76. The second-order valence-electron chi connectivity index (χ2n) is 6.79. The lowest BCUT2D eigenvalue weighted by atomic mass is 9.85. The Hall–Kier alpha value is -2.36. The van der Waals surface area contributed by atoms with Crippen molar-refractivity contribution in [2.24, 2.45) is 0 Å². The Bertz CT molecular complexity index is 670. The van der Waals surface area contributed by atoms with Gasteiger partial charge in [-0.2, -0.15) is 0 Å². The van der Waals surface area contributed by atoms with Crippen molar-refractivity contribution in [1.82, 2.24) is 0 Å². The van der Waals surface area contributed by atoms with Gasteiger partial charge < -0.3 is 20.1 Å². The van der Waals surface area contributed by atoms with Crippen molar-refractivity contribution in [2.45, 2.75) is 39.0 Å². The van der Waals surface area contributed by atoms with Crippen LogP contribution in [-0.2, 0) is 5.41 Å². The van der Waals surface area contributed by atoms with Crippen molar-refractivity contribution in [2.75, 3.05) is 6.61 Å². The van der Waals surface area contributed by atoms with E-state index in [1.54, 1.807) is 24.3 Å². The molecule has 0 saturated carbocycles. The lowest BCUT2D eigenvalue weighted by Gasteiger charge is -2.26. The van der Waals surface area contributed by atoms with Gasteiger partial charge in [0.25, 0.3) is 0 Å². The smallest absolute Gasteiger partial charge is 0.160 e. The number of phenols is 3. The molecule has 4 nitrogen and oxygen atoms in total. The number of phenolic OH excluding ortho intramolecular Hbond substituents is 3. The Morgan fingerprint density at radius 1 is 0.957 bits per heavy atom. The van der Waals surface area contributed by atoms with Crippen molar-refractivity contribution >= 4 is 0 Å². The van der Waals surface area contributed by atoms with Crippen molar-refractivity contribution in [1.29, 1.82) is 0 Å². The van der Waals surface area contributed by atoms with Gasteiger partial charge in [-0.3, -0.25) is 0 Å². The van der Waals surface area contributed by atoms with Gasteiger partial charge in [0.1, 0.15) is 11.5 Å². The maximum Gasteiger partial charge on any atom is 0.160 e. The molecule has 0 heterocycles. The van der Waals surface area contributed by atoms with Gasteiger partial charge in [0.15, 0.2) is 11.5 Å². The molecular formula is C19H24O4. The summed E-state index contributed by atoms with van der Waals surface area (Å²) in [7, 11) is 0. The Labute approximate surface area is 137 Å². The predicted octanol–water partition coefficient (Wildman–Crippen LogP) is 4.28. The standard InChI is InChI=1S/C19H24O4/c1-12(2)13-5-6-18(17(22)7-13)23-11-19(3,4)14-8-15(20)10-16(21)9-14/h5-10,12,20-22H,11H2,1-4H3. The molecule has 0 spiro atoms. The number of hydrogen-bond donors (Lipinski definition) is 3. The van der Waals surface area contributed by atoms with Gasteiger partial charge in [-0.25, -0.2) is 0 Å². The largest absolute Gasteiger partial charge is 0.508 e. The van der Waals surface area contributed by atoms with E-state index >= 15 is 0 Å². The average molecular weight is 316 g/mol. The van der Waals surface area contributed by atoms with Crippen LogP contribution in [0.15, 0.2) is 36.4 Å². The van der Waals surface area contributed by atoms with Crippen molar-refractivity contribution in [3.8, 4) is 23.0 Å². The number of ether oxygens (including phenoxy) is 1. The highest BCUT2D eigenvalue weighted by Gasteiger charge is 2.23. The Morgan fingerprint density at radius 3 is 2.09 bits per heavy atom. The monoisotopic (exact) mass is 316 g/mol. The van der Waals surface area contributed by atoms with E-state index in [9.17, 15) is 15.3 Å². The molecule has 124 valence electrons. The van der Waals surface area contributed by atoms with E-state index in [-0.39, 0.29) is 17.2 Å². The van der Waals surface area contributed by atoms with E-state index in [1.165, 1.54) is 6.07 Å². The van der Waals surface area contributed by atoms with Crippen molar-refractivity contribution < 1.29 is 20.1 Å². The molecule has 0 aliphatic heterocycles. The van der Waals surface area contributed by atoms with Crippen LogP contribution in [0.4, 0.5) is 0 Å². The molecule has 0 fully saturated rings. The van der Waals surface area contributed by atoms with E-state index in [0.717, 1.165) is 11.1 Å². The fourth-order valence-electron chi connectivity index (χ4n) is 2.34. The topological polar surface area (TPSA) is 69.9 Å². The maximum atomic E-state index is 10.1. The Balaban J connectivity index is 2.15. The van der Waals surface area contributed by atoms with Crippen LogP contribution in [0.25, 0.3) is 0 Å². The van der Waals surface area contributed by atoms with E-state index in [2.05, 4.69) is 13.8 Å². The summed E-state index contributed by atoms with van der Waals surface area (Å²) in [6, 6.07) is 9.91. The number of aromatic hydroxyl groups is 3. The van der Waals surface area contributed by atoms with Crippen LogP contribution in [-0.4, -0.2) is 21.9 Å². The highest BCUT2D eigenvalue weighted by atomic mass is 16.5. The summed E-state index contributed by atoms with van der Waals surface area (Å²) in [6.07, 6.45) is 0. The molecule has 0 atom stereocenters. The molecule has 4 heteroatoms. The fourth-order valence-corrected chi connectivity index (χ4v) is 2.34. The first-order valence-electron chi connectivity index (χ1n) is 7.68. The highest BCUT2D eigenvalue weighted by Crippen LogP contribution is 2.34. The minimum atomic E-state index is -0.445. The third-order valence-electron chi connectivity index (χ3n) is 3.92. The molecule has 2 rings (SSSR count). The lowest BCUT2D eigenvalue weighted by molar-refractivity contribution is 0.231. The first-order chi connectivity index (χ1) is 10.7. The van der Waals surface area contributed by atoms with E-state index in [4.69, 9.17) is 4.74 Å². The summed E-state index contributed by atoms with van der Waals surface area (Å²) in [4.78, 5) is 0. The molecule has 0 bridgehead atoms. The first-order valence-corrected chi connectivity index (χ1v) is 7.68. The zero-order valence-electron chi connectivity index (χ0n) is 14.0. The maximum absolute atomic E-state index is 10.1. The SMILES string of the molecule is CC(C)c1ccc(OCC(C)(C)c2cc(O)cc(O)c2)c(O)c1. The van der Waals surface area contributed by atoms with Gasteiger partial charge in [0.2, 0.25) is 0 Å². The average Bonchev–Trinajstić information content (AvgIpc) is 2.44. The molecule has 0 aromatic heterocycles. The van der Waals surface area contributed by atoms with Gasteiger partial charge in [-0.15, -0.1) is 0 Å². The minimum absolute atomic E-state index is 0.0113. The Kier molecular flexibility index (Phi) is 4.73. The van der Waals surface area contributed by atoms with Gasteiger partial charge in [0, 0.05) is 11.5 Å². The van der Waals surface area contributed by atoms with Gasteiger partial charge in [-0.05, 0) is 41.3 Å². The zero-order chi connectivity index (χ0) is 17.2. The summed E-state index contributed by atoms with van der Waals surface area (Å²) >= 11 is 0. The highest BCUT2D eigenvalue weighted by molar-refractivity contribution is 5.43. The van der Waals surface area contributed by atoms with Gasteiger partial charge in [0.05, 0.1) is 6.61 Å². The summed E-state index contributed by atoms with van der Waals surface area (Å²) in [5.74, 6) is 0.897. The third kappa shape index (κ3) is 4.09. The summed E-state index contributed by atoms with van der Waals surface area (Å²) in [6.45, 7) is 8.31. The lowest BCUT2D eigenvalue weighted by Crippen LogP contribution is -2.26. The van der Waals surface area contributed by atoms with Crippen LogP contribution >= 0.6 is 0 Å². The van der Waals surface area contributed by atoms with Crippen molar-refractivity contribution in [3.05, 3.63) is 47.5 Å². The van der Waals surface area contributed by atoms with Crippen molar-refractivity contribution in [3.63, 3.8) is 0 Å². The normalized spacial score (nSPS) is 11.7. The molecular weight excluding hydrogens is 292 g/mol. The van der Waals surface area contributed by atoms with E-state index in [1.807, 2.05) is 19.9 Å². The zero-order valence-corrected chi connectivity index (χ0v) is 14.0. The second-order valence-corrected chi connectivity index (χ2v) is 6.79. The molecule has 0 radical (unpaired) electrons. The molecule has 0 saturated heterocycles. The minimum Gasteiger partial charge on any atom is -0.508 e. The number of hydrogen-bond acceptors (Lipinski definition) is 4. The van der Waals surface area contributed by atoms with Crippen LogP contribution < -0.4 is 4.74 Å². The molecule has 2 aromatic carbocycles. The summed E-state index contributed by atoms with van der Waals surface area (Å²) in [5.41, 5.74) is 1.36. The summed E-state index contributed by atoms with van der Waals surface area (Å²) in [5, 5.41) is 29.3. The number of rotatable bonds is 5. The molecule has 0 amide bonds. The third-order valence-corrected chi connectivity index (χ3v) is 3.92. The van der Waals surface area contributed by atoms with Crippen LogP contribution in [0.5, 0.6) is 23.0 Å². The van der Waals surface area contributed by atoms with Crippen LogP contribution in [0.2, 0.25) is 0 Å². The molecule has 0 unspecified atom stereocenters. The Morgan fingerprint density at radius 2 is 1.57 bits per heavy atom. The fraction of sp³-hybridized carbons (Fsp3) is 0.368.